The zero-order chi connectivity index (χ0) is 32.1. The molecule has 48 heavy (non-hydrogen) atoms. The van der Waals surface area contributed by atoms with Gasteiger partial charge in [0.25, 0.3) is 0 Å². The molecule has 1 unspecified atom stereocenters. The lowest BCUT2D eigenvalue weighted by atomic mass is 9.72. The number of aromatic nitrogens is 3. The van der Waals surface area contributed by atoms with Crippen molar-refractivity contribution in [2.75, 3.05) is 4.90 Å². The average molecular weight is 641 g/mol. The highest BCUT2D eigenvalue weighted by molar-refractivity contribution is 7.26. The van der Waals surface area contributed by atoms with E-state index in [1.807, 2.05) is 55.0 Å². The van der Waals surface area contributed by atoms with Crippen molar-refractivity contribution in [3.63, 3.8) is 0 Å². The summed E-state index contributed by atoms with van der Waals surface area (Å²) in [6, 6.07) is 39.4. The molecule has 5 aromatic carbocycles. The van der Waals surface area contributed by atoms with Gasteiger partial charge < -0.3 is 0 Å². The number of nitrogens with zero attached hydrogens (tertiary/aromatic N) is 4. The number of pyridine rings is 2. The minimum absolute atomic E-state index is 0.336. The van der Waals surface area contributed by atoms with Crippen LogP contribution in [0, 0.1) is 0 Å². The first kappa shape index (κ1) is 27.5. The molecule has 0 aliphatic carbocycles. The molecule has 0 saturated heterocycles. The monoisotopic (exact) mass is 640 g/mol. The van der Waals surface area contributed by atoms with Gasteiger partial charge in [0.1, 0.15) is 11.5 Å². The molecule has 6 heteroatoms. The van der Waals surface area contributed by atoms with Gasteiger partial charge in [-0.05, 0) is 59.0 Å². The van der Waals surface area contributed by atoms with Crippen molar-refractivity contribution in [1.82, 2.24) is 14.4 Å². The summed E-state index contributed by atoms with van der Waals surface area (Å²) in [7, 11) is 0. The Labute approximate surface area is 280 Å². The van der Waals surface area contributed by atoms with Gasteiger partial charge in [0.2, 0.25) is 0 Å². The Kier molecular flexibility index (Phi) is 5.71. The first-order valence-corrected chi connectivity index (χ1v) is 17.0. The number of imidazole rings is 1. The van der Waals surface area contributed by atoms with E-state index in [1.165, 1.54) is 11.1 Å². The zero-order valence-corrected chi connectivity index (χ0v) is 27.2. The van der Waals surface area contributed by atoms with E-state index in [4.69, 9.17) is 9.97 Å². The van der Waals surface area contributed by atoms with Crippen LogP contribution in [-0.2, 0) is 5.41 Å². The molecular weight excluding hydrogens is 612 g/mol. The van der Waals surface area contributed by atoms with E-state index in [2.05, 4.69) is 102 Å². The third-order valence-electron chi connectivity index (χ3n) is 10.2. The molecular formula is C42H29FN4S. The normalized spacial score (nSPS) is 14.6. The summed E-state index contributed by atoms with van der Waals surface area (Å²) < 4.78 is 22.1. The average Bonchev–Trinajstić information content (AvgIpc) is 3.77. The Morgan fingerprint density at radius 1 is 0.708 bits per heavy atom. The fourth-order valence-electron chi connectivity index (χ4n) is 8.02. The molecule has 0 saturated carbocycles. The van der Waals surface area contributed by atoms with Crippen molar-refractivity contribution in [2.24, 2.45) is 0 Å². The number of benzene rings is 5. The van der Waals surface area contributed by atoms with Crippen LogP contribution >= 0.6 is 11.3 Å². The molecule has 10 rings (SSSR count). The van der Waals surface area contributed by atoms with Crippen LogP contribution in [0.3, 0.4) is 0 Å². The number of rotatable bonds is 3. The highest BCUT2D eigenvalue weighted by atomic mass is 32.1. The number of halogens is 1. The van der Waals surface area contributed by atoms with Gasteiger partial charge in [0.15, 0.2) is 6.17 Å². The Balaban J connectivity index is 1.29. The molecule has 1 aliphatic heterocycles. The van der Waals surface area contributed by atoms with Crippen molar-refractivity contribution >= 4 is 76.0 Å². The lowest BCUT2D eigenvalue weighted by Crippen LogP contribution is -2.31. The topological polar surface area (TPSA) is 33.4 Å². The fourth-order valence-corrected chi connectivity index (χ4v) is 9.46. The maximum Gasteiger partial charge on any atom is 0.151 e. The summed E-state index contributed by atoms with van der Waals surface area (Å²) in [4.78, 5) is 11.8. The summed E-state index contributed by atoms with van der Waals surface area (Å²) in [5, 5.41) is 5.19. The van der Waals surface area contributed by atoms with Gasteiger partial charge in [-0.2, -0.15) is 0 Å². The summed E-state index contributed by atoms with van der Waals surface area (Å²) in [6.07, 6.45) is 4.24. The van der Waals surface area contributed by atoms with Crippen LogP contribution in [0.4, 0.5) is 21.6 Å². The van der Waals surface area contributed by atoms with Gasteiger partial charge in [-0.25, -0.2) is 14.4 Å². The van der Waals surface area contributed by atoms with Crippen LogP contribution in [0.5, 0.6) is 0 Å². The number of hydrogen-bond donors (Lipinski definition) is 0. The Morgan fingerprint density at radius 3 is 2.38 bits per heavy atom. The smallest absolute Gasteiger partial charge is 0.151 e. The van der Waals surface area contributed by atoms with E-state index in [1.54, 1.807) is 11.3 Å². The first-order chi connectivity index (χ1) is 23.5. The third kappa shape index (κ3) is 3.69. The second kappa shape index (κ2) is 9.96. The predicted molar refractivity (Wildman–Crippen MR) is 197 cm³/mol. The van der Waals surface area contributed by atoms with Gasteiger partial charge in [-0.3, -0.25) is 9.30 Å². The Morgan fingerprint density at radius 2 is 1.50 bits per heavy atom. The highest BCUT2D eigenvalue weighted by Crippen LogP contribution is 2.57. The standard InChI is InChI=1S/C42H29FN4S/c1-42(2)31-13-5-7-15-33(31)47(36-17-9-10-20-44-36)34-24-30(37-28-12-4-8-16-35(28)48-40(37)38(34)42)39(43)25-18-19-26-27-11-3-6-14-32(27)46-22-21-45-41(46)29(26)23-25/h3-24,39H,1-2H3. The maximum absolute atomic E-state index is 17.7. The second-order valence-corrected chi connectivity index (χ2v) is 14.2. The summed E-state index contributed by atoms with van der Waals surface area (Å²) >= 11 is 1.76. The number of thiophene rings is 1. The minimum Gasteiger partial charge on any atom is -0.299 e. The number of fused-ring (bicyclic) bond motifs is 12. The number of alkyl halides is 1. The number of para-hydroxylation sites is 2. The van der Waals surface area contributed by atoms with Crippen molar-refractivity contribution in [2.45, 2.75) is 25.4 Å². The summed E-state index contributed by atoms with van der Waals surface area (Å²) in [6.45, 7) is 4.58. The fraction of sp³-hybridized carbons (Fsp3) is 0.0952. The first-order valence-electron chi connectivity index (χ1n) is 16.2. The SMILES string of the molecule is CC1(C)c2ccccc2N(c2ccccn2)c2cc(C(F)c3ccc4c5ccccc5n5ccnc5c4c3)c3c(sc4ccccc43)c21. The second-order valence-electron chi connectivity index (χ2n) is 13.1. The van der Waals surface area contributed by atoms with Gasteiger partial charge in [0.05, 0.1) is 16.9 Å². The molecule has 0 bridgehead atoms. The number of hydrogen-bond acceptors (Lipinski definition) is 4. The molecule has 230 valence electrons. The van der Waals surface area contributed by atoms with Crippen LogP contribution < -0.4 is 4.90 Å². The van der Waals surface area contributed by atoms with Gasteiger partial charge in [-0.1, -0.05) is 86.6 Å². The Bertz CT molecular complexity index is 2740. The third-order valence-corrected chi connectivity index (χ3v) is 11.4. The molecule has 0 amide bonds. The summed E-state index contributed by atoms with van der Waals surface area (Å²) in [5.74, 6) is 0.808. The molecule has 1 aliphatic rings. The van der Waals surface area contributed by atoms with Crippen molar-refractivity contribution in [3.8, 4) is 0 Å². The van der Waals surface area contributed by atoms with Gasteiger partial charge in [0, 0.05) is 66.1 Å². The minimum atomic E-state index is -1.38. The van der Waals surface area contributed by atoms with Crippen molar-refractivity contribution in [1.29, 1.82) is 0 Å². The molecule has 1 atom stereocenters. The Hall–Kier alpha value is -5.59. The van der Waals surface area contributed by atoms with E-state index in [0.29, 0.717) is 11.1 Å². The van der Waals surface area contributed by atoms with E-state index in [9.17, 15) is 0 Å². The highest BCUT2D eigenvalue weighted by Gasteiger charge is 2.40. The molecule has 0 spiro atoms. The van der Waals surface area contributed by atoms with Crippen molar-refractivity contribution < 1.29 is 4.39 Å². The molecule has 4 aromatic heterocycles. The van der Waals surface area contributed by atoms with Crippen LogP contribution in [-0.4, -0.2) is 14.4 Å². The maximum atomic E-state index is 17.7. The zero-order valence-electron chi connectivity index (χ0n) is 26.4. The van der Waals surface area contributed by atoms with Crippen LogP contribution in [0.25, 0.3) is 47.5 Å². The van der Waals surface area contributed by atoms with Gasteiger partial charge in [-0.15, -0.1) is 11.3 Å². The molecule has 0 radical (unpaired) electrons. The van der Waals surface area contributed by atoms with Crippen LogP contribution in [0.1, 0.15) is 42.3 Å². The number of anilines is 3. The van der Waals surface area contributed by atoms with Crippen molar-refractivity contribution in [3.05, 3.63) is 156 Å². The predicted octanol–water partition coefficient (Wildman–Crippen LogP) is 11.6. The van der Waals surface area contributed by atoms with E-state index < -0.39 is 6.17 Å². The molecule has 0 N–H and O–H groups in total. The molecule has 0 fully saturated rings. The lowest BCUT2D eigenvalue weighted by molar-refractivity contribution is 0.405. The van der Waals surface area contributed by atoms with E-state index in [0.717, 1.165) is 64.7 Å². The van der Waals surface area contributed by atoms with E-state index in [-0.39, 0.29) is 5.41 Å². The summed E-state index contributed by atoms with van der Waals surface area (Å²) in [5.41, 5.74) is 7.30. The molecule has 9 aromatic rings. The lowest BCUT2D eigenvalue weighted by Gasteiger charge is -2.42. The quantitative estimate of drug-likeness (QED) is 0.180. The van der Waals surface area contributed by atoms with Gasteiger partial charge >= 0.3 is 0 Å². The van der Waals surface area contributed by atoms with E-state index >= 15 is 4.39 Å². The largest absolute Gasteiger partial charge is 0.299 e. The molecule has 4 nitrogen and oxygen atoms in total. The molecule has 5 heterocycles. The van der Waals surface area contributed by atoms with Crippen LogP contribution in [0.15, 0.2) is 134 Å². The van der Waals surface area contributed by atoms with Crippen LogP contribution in [0.2, 0.25) is 0 Å².